The standard InChI is InChI=1S/C20H19FN4O/c1-12-7-8-17(13(2)9-12)24-20-22-14(3)10-18(25-20)19(26)23-16-6-4-5-15(21)11-16/h4-11H,1-3H3,(H,23,26)(H,22,24,25). The average molecular weight is 350 g/mol. The van der Waals surface area contributed by atoms with Gasteiger partial charge in [0.15, 0.2) is 0 Å². The minimum Gasteiger partial charge on any atom is -0.324 e. The Bertz CT molecular complexity index is 972. The summed E-state index contributed by atoms with van der Waals surface area (Å²) >= 11 is 0. The van der Waals surface area contributed by atoms with Crippen molar-refractivity contribution in [1.29, 1.82) is 0 Å². The van der Waals surface area contributed by atoms with E-state index in [9.17, 15) is 9.18 Å². The Morgan fingerprint density at radius 2 is 1.81 bits per heavy atom. The molecule has 0 radical (unpaired) electrons. The molecule has 132 valence electrons. The van der Waals surface area contributed by atoms with E-state index in [4.69, 9.17) is 0 Å². The summed E-state index contributed by atoms with van der Waals surface area (Å²) < 4.78 is 13.3. The minimum atomic E-state index is -0.426. The highest BCUT2D eigenvalue weighted by atomic mass is 19.1. The largest absolute Gasteiger partial charge is 0.324 e. The zero-order chi connectivity index (χ0) is 18.7. The lowest BCUT2D eigenvalue weighted by molar-refractivity contribution is 0.102. The molecule has 0 spiro atoms. The Morgan fingerprint density at radius 3 is 2.54 bits per heavy atom. The molecule has 0 bridgehead atoms. The monoisotopic (exact) mass is 350 g/mol. The van der Waals surface area contributed by atoms with Crippen LogP contribution in [0.4, 0.5) is 21.7 Å². The van der Waals surface area contributed by atoms with Crippen LogP contribution in [0.1, 0.15) is 27.3 Å². The lowest BCUT2D eigenvalue weighted by atomic mass is 10.1. The van der Waals surface area contributed by atoms with E-state index in [2.05, 4.69) is 26.7 Å². The first-order chi connectivity index (χ1) is 12.4. The number of nitrogens with one attached hydrogen (secondary N) is 2. The van der Waals surface area contributed by atoms with E-state index in [-0.39, 0.29) is 5.69 Å². The molecule has 2 aromatic carbocycles. The van der Waals surface area contributed by atoms with Gasteiger partial charge in [-0.1, -0.05) is 23.8 Å². The molecule has 3 rings (SSSR count). The van der Waals surface area contributed by atoms with Crippen LogP contribution in [0, 0.1) is 26.6 Å². The normalized spacial score (nSPS) is 10.5. The predicted molar refractivity (Wildman–Crippen MR) is 100 cm³/mol. The average Bonchev–Trinajstić information content (AvgIpc) is 2.57. The third kappa shape index (κ3) is 4.22. The zero-order valence-electron chi connectivity index (χ0n) is 14.8. The molecule has 0 aliphatic heterocycles. The first kappa shape index (κ1) is 17.5. The summed E-state index contributed by atoms with van der Waals surface area (Å²) in [5, 5.41) is 5.79. The summed E-state index contributed by atoms with van der Waals surface area (Å²) in [4.78, 5) is 21.1. The molecule has 1 heterocycles. The molecule has 2 N–H and O–H groups in total. The quantitative estimate of drug-likeness (QED) is 0.725. The molecule has 0 fully saturated rings. The highest BCUT2D eigenvalue weighted by Crippen LogP contribution is 2.20. The predicted octanol–water partition coefficient (Wildman–Crippen LogP) is 4.54. The number of anilines is 3. The highest BCUT2D eigenvalue weighted by molar-refractivity contribution is 6.03. The summed E-state index contributed by atoms with van der Waals surface area (Å²) in [6, 6.07) is 13.3. The van der Waals surface area contributed by atoms with Crippen LogP contribution in [0.5, 0.6) is 0 Å². The number of carbonyl (C=O) groups excluding carboxylic acids is 1. The molecular formula is C20H19FN4O. The Hall–Kier alpha value is -3.28. The second-order valence-electron chi connectivity index (χ2n) is 6.13. The topological polar surface area (TPSA) is 66.9 Å². The van der Waals surface area contributed by atoms with Gasteiger partial charge in [0.2, 0.25) is 5.95 Å². The summed E-state index contributed by atoms with van der Waals surface area (Å²) in [5.74, 6) is -0.509. The fourth-order valence-corrected chi connectivity index (χ4v) is 2.58. The number of amides is 1. The van der Waals surface area contributed by atoms with E-state index in [1.807, 2.05) is 26.0 Å². The van der Waals surface area contributed by atoms with E-state index < -0.39 is 11.7 Å². The number of rotatable bonds is 4. The molecule has 1 amide bonds. The number of nitrogens with zero attached hydrogens (tertiary/aromatic N) is 2. The van der Waals surface area contributed by atoms with Crippen LogP contribution < -0.4 is 10.6 Å². The van der Waals surface area contributed by atoms with Gasteiger partial charge in [-0.25, -0.2) is 14.4 Å². The van der Waals surface area contributed by atoms with Crippen molar-refractivity contribution in [2.75, 3.05) is 10.6 Å². The number of halogens is 1. The third-order valence-corrected chi connectivity index (χ3v) is 3.80. The maximum absolute atomic E-state index is 13.3. The van der Waals surface area contributed by atoms with Gasteiger partial charge in [0, 0.05) is 17.1 Å². The third-order valence-electron chi connectivity index (χ3n) is 3.80. The number of hydrogen-bond acceptors (Lipinski definition) is 4. The van der Waals surface area contributed by atoms with Crippen molar-refractivity contribution in [3.8, 4) is 0 Å². The summed E-state index contributed by atoms with van der Waals surface area (Å²) in [6.07, 6.45) is 0. The lowest BCUT2D eigenvalue weighted by Crippen LogP contribution is -2.15. The van der Waals surface area contributed by atoms with Crippen molar-refractivity contribution in [2.45, 2.75) is 20.8 Å². The number of aryl methyl sites for hydroxylation is 3. The fourth-order valence-electron chi connectivity index (χ4n) is 2.58. The molecule has 5 nitrogen and oxygen atoms in total. The van der Waals surface area contributed by atoms with Crippen molar-refractivity contribution in [2.24, 2.45) is 0 Å². The molecule has 0 aliphatic rings. The molecule has 26 heavy (non-hydrogen) atoms. The van der Waals surface area contributed by atoms with E-state index >= 15 is 0 Å². The smallest absolute Gasteiger partial charge is 0.274 e. The Labute approximate surface area is 151 Å². The molecule has 0 saturated heterocycles. The molecule has 1 aromatic heterocycles. The maximum Gasteiger partial charge on any atom is 0.274 e. The summed E-state index contributed by atoms with van der Waals surface area (Å²) in [5.41, 5.74) is 4.31. The Morgan fingerprint density at radius 1 is 1.00 bits per heavy atom. The molecule has 0 aliphatic carbocycles. The second-order valence-corrected chi connectivity index (χ2v) is 6.13. The van der Waals surface area contributed by atoms with Gasteiger partial charge < -0.3 is 10.6 Å². The van der Waals surface area contributed by atoms with Gasteiger partial charge in [0.05, 0.1) is 0 Å². The van der Waals surface area contributed by atoms with Crippen molar-refractivity contribution in [3.63, 3.8) is 0 Å². The number of carbonyl (C=O) groups is 1. The van der Waals surface area contributed by atoms with Gasteiger partial charge in [-0.15, -0.1) is 0 Å². The number of hydrogen-bond donors (Lipinski definition) is 2. The van der Waals surface area contributed by atoms with Crippen LogP contribution >= 0.6 is 0 Å². The lowest BCUT2D eigenvalue weighted by Gasteiger charge is -2.11. The molecule has 0 atom stereocenters. The van der Waals surface area contributed by atoms with E-state index in [0.717, 1.165) is 16.8 Å². The van der Waals surface area contributed by atoms with Gasteiger partial charge in [-0.3, -0.25) is 4.79 Å². The van der Waals surface area contributed by atoms with Gasteiger partial charge >= 0.3 is 0 Å². The SMILES string of the molecule is Cc1ccc(Nc2nc(C)cc(C(=O)Nc3cccc(F)c3)n2)c(C)c1. The van der Waals surface area contributed by atoms with Gasteiger partial charge in [0.1, 0.15) is 11.5 Å². The van der Waals surface area contributed by atoms with E-state index in [0.29, 0.717) is 17.3 Å². The van der Waals surface area contributed by atoms with Crippen LogP contribution in [-0.2, 0) is 0 Å². The van der Waals surface area contributed by atoms with Crippen molar-refractivity contribution >= 4 is 23.2 Å². The van der Waals surface area contributed by atoms with Crippen LogP contribution in [-0.4, -0.2) is 15.9 Å². The number of benzene rings is 2. The summed E-state index contributed by atoms with van der Waals surface area (Å²) in [7, 11) is 0. The first-order valence-electron chi connectivity index (χ1n) is 8.17. The van der Waals surface area contributed by atoms with Gasteiger partial charge in [0.25, 0.3) is 5.91 Å². The van der Waals surface area contributed by atoms with Crippen LogP contribution in [0.15, 0.2) is 48.5 Å². The highest BCUT2D eigenvalue weighted by Gasteiger charge is 2.12. The van der Waals surface area contributed by atoms with Crippen LogP contribution in [0.25, 0.3) is 0 Å². The molecule has 0 saturated carbocycles. The Balaban J connectivity index is 1.84. The molecule has 6 heteroatoms. The number of aromatic nitrogens is 2. The Kier molecular flexibility index (Phi) is 4.93. The minimum absolute atomic E-state index is 0.203. The van der Waals surface area contributed by atoms with Crippen LogP contribution in [0.3, 0.4) is 0 Å². The maximum atomic E-state index is 13.3. The first-order valence-corrected chi connectivity index (χ1v) is 8.17. The fraction of sp³-hybridized carbons (Fsp3) is 0.150. The molecular weight excluding hydrogens is 331 g/mol. The van der Waals surface area contributed by atoms with E-state index in [1.165, 1.54) is 18.2 Å². The second kappa shape index (κ2) is 7.31. The van der Waals surface area contributed by atoms with Crippen molar-refractivity contribution < 1.29 is 9.18 Å². The van der Waals surface area contributed by atoms with Crippen molar-refractivity contribution in [3.05, 3.63) is 76.9 Å². The summed E-state index contributed by atoms with van der Waals surface area (Å²) in [6.45, 7) is 5.80. The van der Waals surface area contributed by atoms with Crippen LogP contribution in [0.2, 0.25) is 0 Å². The zero-order valence-corrected chi connectivity index (χ0v) is 14.8. The van der Waals surface area contributed by atoms with Crippen molar-refractivity contribution in [1.82, 2.24) is 9.97 Å². The van der Waals surface area contributed by atoms with Gasteiger partial charge in [-0.05, 0) is 56.7 Å². The van der Waals surface area contributed by atoms with E-state index in [1.54, 1.807) is 19.1 Å². The molecule has 3 aromatic rings. The van der Waals surface area contributed by atoms with Gasteiger partial charge in [-0.2, -0.15) is 0 Å². The molecule has 0 unspecified atom stereocenters.